The third-order valence-corrected chi connectivity index (χ3v) is 8.36. The van der Waals surface area contributed by atoms with Crippen LogP contribution in [-0.4, -0.2) is 34.5 Å². The number of terminal acetylenes is 1. The summed E-state index contributed by atoms with van der Waals surface area (Å²) in [6, 6.07) is 30.5. The van der Waals surface area contributed by atoms with E-state index in [-0.39, 0.29) is 13.5 Å². The Kier molecular flexibility index (Phi) is 19.4. The topological polar surface area (TPSA) is 64.5 Å². The molecule has 0 amide bonds. The lowest BCUT2D eigenvalue weighted by Crippen LogP contribution is -2.19. The highest BCUT2D eigenvalue weighted by molar-refractivity contribution is 9.11. The Morgan fingerprint density at radius 2 is 1.17 bits per heavy atom. The molecule has 48 heavy (non-hydrogen) atoms. The van der Waals surface area contributed by atoms with Crippen LogP contribution in [0.3, 0.4) is 0 Å². The number of nitrogens with one attached hydrogen (secondary N) is 2. The van der Waals surface area contributed by atoms with Gasteiger partial charge in [0.2, 0.25) is 0 Å². The van der Waals surface area contributed by atoms with E-state index in [9.17, 15) is 5.11 Å². The van der Waals surface area contributed by atoms with Crippen LogP contribution in [0.15, 0.2) is 108 Å². The molecule has 4 nitrogen and oxygen atoms in total. The monoisotopic (exact) mass is 710 g/mol. The lowest BCUT2D eigenvalue weighted by molar-refractivity contribution is 0.117. The maximum atomic E-state index is 9.79. The van der Waals surface area contributed by atoms with Crippen molar-refractivity contribution in [2.45, 2.75) is 85.1 Å². The standard InChI is InChI=1S/C21H25NO.C15H16BrN.C6H10O.CH4/c1-4-21(3,23)15-8-5-9-16-22-17(2)19-14-10-12-18-11-6-7-13-20(18)19;1-12(17-11-5-10-16)14-9-4-7-13-6-2-3-8-15(13)14;1-4-6(3,7)5-2;/h5-7,9-14,17,22-23H,4,16H2,1-3H3;2-10,12,17H,11H2,1H3;1,7H,5H2,2-3H3;1H4/b9-5+;10-5+;;/t17-,21?;12-;;/m11../s1. The Labute approximate surface area is 298 Å². The molecule has 0 aromatic heterocycles. The number of aliphatic hydroxyl groups is 2. The molecule has 5 heteroatoms. The maximum Gasteiger partial charge on any atom is 0.122 e. The SMILES string of the molecule is C.C#CC(C)(O)CC.CCC(C)(O)C#C/C=C/CN[C@H](C)c1cccc2ccccc12.C[C@@H](NC/C=C/Br)c1cccc2ccccc12. The lowest BCUT2D eigenvalue weighted by Gasteiger charge is -2.15. The second kappa shape index (κ2) is 22.0. The van der Waals surface area contributed by atoms with Gasteiger partial charge in [0, 0.05) is 25.2 Å². The van der Waals surface area contributed by atoms with Crippen molar-refractivity contribution in [3.8, 4) is 24.2 Å². The molecule has 4 aromatic carbocycles. The van der Waals surface area contributed by atoms with E-state index < -0.39 is 11.2 Å². The van der Waals surface area contributed by atoms with Crippen molar-refractivity contribution in [1.82, 2.24) is 10.6 Å². The van der Waals surface area contributed by atoms with E-state index in [0.29, 0.717) is 18.9 Å². The number of hydrogen-bond acceptors (Lipinski definition) is 4. The summed E-state index contributed by atoms with van der Waals surface area (Å²) in [5.41, 5.74) is 0.871. The molecule has 0 bridgehead atoms. The van der Waals surface area contributed by atoms with Gasteiger partial charge in [0.25, 0.3) is 0 Å². The molecule has 4 atom stereocenters. The van der Waals surface area contributed by atoms with Crippen molar-refractivity contribution in [2.75, 3.05) is 13.1 Å². The van der Waals surface area contributed by atoms with Crippen molar-refractivity contribution in [3.63, 3.8) is 0 Å². The van der Waals surface area contributed by atoms with Crippen LogP contribution in [0.1, 0.15) is 85.0 Å². The Balaban J connectivity index is 0.000000405. The van der Waals surface area contributed by atoms with Gasteiger partial charge in [0.1, 0.15) is 11.2 Å². The predicted molar refractivity (Wildman–Crippen MR) is 213 cm³/mol. The van der Waals surface area contributed by atoms with Gasteiger partial charge in [-0.1, -0.05) is 152 Å². The minimum atomic E-state index is -0.895. The summed E-state index contributed by atoms with van der Waals surface area (Å²) in [6.07, 6.45) is 12.0. The summed E-state index contributed by atoms with van der Waals surface area (Å²) in [4.78, 5) is 1.88. The zero-order valence-corrected chi connectivity index (χ0v) is 30.3. The van der Waals surface area contributed by atoms with Crippen LogP contribution < -0.4 is 10.6 Å². The first kappa shape index (κ1) is 42.3. The molecule has 0 aliphatic heterocycles. The van der Waals surface area contributed by atoms with Crippen LogP contribution in [0.2, 0.25) is 0 Å². The van der Waals surface area contributed by atoms with E-state index >= 15 is 0 Å². The van der Waals surface area contributed by atoms with Crippen LogP contribution in [0.5, 0.6) is 0 Å². The third kappa shape index (κ3) is 14.6. The van der Waals surface area contributed by atoms with Gasteiger partial charge in [-0.25, -0.2) is 0 Å². The van der Waals surface area contributed by atoms with E-state index in [1.807, 2.05) is 24.9 Å². The fraction of sp³-hybridized carbons (Fsp3) is 0.349. The average molecular weight is 712 g/mol. The van der Waals surface area contributed by atoms with E-state index in [0.717, 1.165) is 13.1 Å². The van der Waals surface area contributed by atoms with Crippen LogP contribution >= 0.6 is 15.9 Å². The van der Waals surface area contributed by atoms with Crippen molar-refractivity contribution in [2.24, 2.45) is 0 Å². The first-order valence-electron chi connectivity index (χ1n) is 16.3. The fourth-order valence-corrected chi connectivity index (χ4v) is 4.70. The van der Waals surface area contributed by atoms with Gasteiger partial charge in [-0.3, -0.25) is 0 Å². The first-order valence-corrected chi connectivity index (χ1v) is 17.2. The molecular weight excluding hydrogens is 656 g/mol. The van der Waals surface area contributed by atoms with Gasteiger partial charge in [0.15, 0.2) is 0 Å². The number of fused-ring (bicyclic) bond motifs is 2. The highest BCUT2D eigenvalue weighted by Gasteiger charge is 2.12. The Hall–Kier alpha value is -3.68. The van der Waals surface area contributed by atoms with Crippen molar-refractivity contribution < 1.29 is 10.2 Å². The number of hydrogen-bond donors (Lipinski definition) is 4. The van der Waals surface area contributed by atoms with E-state index in [4.69, 9.17) is 11.5 Å². The Bertz CT molecular complexity index is 1680. The fourth-order valence-electron chi connectivity index (χ4n) is 4.52. The normalized spacial score (nSPS) is 14.5. The van der Waals surface area contributed by atoms with Gasteiger partial charge in [-0.2, -0.15) is 0 Å². The van der Waals surface area contributed by atoms with E-state index in [1.54, 1.807) is 19.9 Å². The molecule has 256 valence electrons. The molecule has 0 fully saturated rings. The number of allylic oxidation sites excluding steroid dienone is 1. The van der Waals surface area contributed by atoms with E-state index in [2.05, 4.69) is 149 Å². The zero-order chi connectivity index (χ0) is 34.7. The smallest absolute Gasteiger partial charge is 0.122 e. The molecule has 0 aliphatic rings. The molecule has 4 N–H and O–H groups in total. The highest BCUT2D eigenvalue weighted by atomic mass is 79.9. The van der Waals surface area contributed by atoms with Gasteiger partial charge in [-0.15, -0.1) is 6.42 Å². The molecule has 0 saturated heterocycles. The first-order chi connectivity index (χ1) is 22.5. The van der Waals surface area contributed by atoms with Crippen molar-refractivity contribution >= 4 is 37.5 Å². The Morgan fingerprint density at radius 3 is 1.58 bits per heavy atom. The lowest BCUT2D eigenvalue weighted by atomic mass is 10.00. The van der Waals surface area contributed by atoms with Crippen LogP contribution in [0.4, 0.5) is 0 Å². The van der Waals surface area contributed by atoms with Gasteiger partial charge < -0.3 is 20.8 Å². The molecule has 0 aliphatic carbocycles. The molecule has 0 heterocycles. The number of rotatable bonds is 10. The van der Waals surface area contributed by atoms with Crippen molar-refractivity contribution in [3.05, 3.63) is 119 Å². The average Bonchev–Trinajstić information content (AvgIpc) is 3.09. The van der Waals surface area contributed by atoms with Gasteiger partial charge >= 0.3 is 0 Å². The molecule has 0 saturated carbocycles. The quantitative estimate of drug-likeness (QED) is 0.124. The molecular formula is C43H55BrN2O2. The number of benzene rings is 4. The Morgan fingerprint density at radius 1 is 0.729 bits per heavy atom. The summed E-state index contributed by atoms with van der Waals surface area (Å²) in [5, 5.41) is 30.8. The summed E-state index contributed by atoms with van der Waals surface area (Å²) in [6.45, 7) is 13.1. The van der Waals surface area contributed by atoms with Crippen LogP contribution in [0, 0.1) is 24.2 Å². The minimum absolute atomic E-state index is 0. The third-order valence-electron chi connectivity index (χ3n) is 7.98. The molecule has 2 unspecified atom stereocenters. The predicted octanol–water partition coefficient (Wildman–Crippen LogP) is 10.0. The second-order valence-corrected chi connectivity index (χ2v) is 12.4. The molecule has 4 aromatic rings. The minimum Gasteiger partial charge on any atom is -0.378 e. The summed E-state index contributed by atoms with van der Waals surface area (Å²) < 4.78 is 0. The summed E-state index contributed by atoms with van der Waals surface area (Å²) >= 11 is 3.27. The molecule has 4 rings (SSSR count). The van der Waals surface area contributed by atoms with Crippen LogP contribution in [-0.2, 0) is 0 Å². The summed E-state index contributed by atoms with van der Waals surface area (Å²) in [7, 11) is 0. The van der Waals surface area contributed by atoms with E-state index in [1.165, 1.54) is 32.7 Å². The number of halogens is 1. The highest BCUT2D eigenvalue weighted by Crippen LogP contribution is 2.25. The summed E-state index contributed by atoms with van der Waals surface area (Å²) in [5.74, 6) is 7.99. The molecule has 0 spiro atoms. The van der Waals surface area contributed by atoms with Crippen LogP contribution in [0.25, 0.3) is 21.5 Å². The largest absolute Gasteiger partial charge is 0.378 e. The van der Waals surface area contributed by atoms with Gasteiger partial charge in [-0.05, 0) is 84.3 Å². The van der Waals surface area contributed by atoms with Gasteiger partial charge in [0.05, 0.1) is 0 Å². The maximum absolute atomic E-state index is 9.79. The second-order valence-electron chi connectivity index (χ2n) is 11.8. The zero-order valence-electron chi connectivity index (χ0n) is 28.7. The van der Waals surface area contributed by atoms with Crippen molar-refractivity contribution in [1.29, 1.82) is 0 Å². The molecule has 0 radical (unpaired) electrons.